The topological polar surface area (TPSA) is 143 Å². The molecule has 0 aliphatic rings. The van der Waals surface area contributed by atoms with E-state index in [2.05, 4.69) is 14.9 Å². The van der Waals surface area contributed by atoms with Crippen LogP contribution >= 0.6 is 11.6 Å². The van der Waals surface area contributed by atoms with Crippen molar-refractivity contribution in [2.45, 2.75) is 18.4 Å². The second kappa shape index (κ2) is 10.7. The molecule has 2 aromatic heterocycles. The Hall–Kier alpha value is -4.62. The van der Waals surface area contributed by atoms with E-state index in [-0.39, 0.29) is 50.7 Å². The number of fused-ring (bicyclic) bond motifs is 3. The first-order valence-corrected chi connectivity index (χ1v) is 13.9. The zero-order valence-electron chi connectivity index (χ0n) is 22.3. The number of carbonyl (C=O) groups excluding carboxylic acids is 1. The Labute approximate surface area is 239 Å². The van der Waals surface area contributed by atoms with Gasteiger partial charge in [-0.05, 0) is 43.3 Å². The lowest BCUT2D eigenvalue weighted by molar-refractivity contribution is 0.0461. The van der Waals surface area contributed by atoms with Gasteiger partial charge in [0.15, 0.2) is 12.4 Å². The Morgan fingerprint density at radius 3 is 2.51 bits per heavy atom. The van der Waals surface area contributed by atoms with Crippen LogP contribution in [0, 0.1) is 6.92 Å². The molecule has 0 bridgehead atoms. The van der Waals surface area contributed by atoms with Gasteiger partial charge < -0.3 is 14.2 Å². The maximum absolute atomic E-state index is 13.2. The van der Waals surface area contributed by atoms with E-state index in [0.29, 0.717) is 16.7 Å². The van der Waals surface area contributed by atoms with E-state index in [9.17, 15) is 18.0 Å². The van der Waals surface area contributed by atoms with Gasteiger partial charge in [-0.1, -0.05) is 29.3 Å². The van der Waals surface area contributed by atoms with Gasteiger partial charge in [0.1, 0.15) is 11.5 Å². The fraction of sp³-hybridized carbons (Fsp3) is 0.185. The fourth-order valence-electron chi connectivity index (χ4n) is 4.30. The molecular formula is C27H24ClN5O7S. The number of carbonyl (C=O) groups is 1. The zero-order valence-corrected chi connectivity index (χ0v) is 23.9. The molecule has 0 atom stereocenters. The maximum atomic E-state index is 13.2. The molecule has 14 heteroatoms. The molecule has 3 aromatic carbocycles. The minimum absolute atomic E-state index is 0.00527. The van der Waals surface area contributed by atoms with Crippen LogP contribution in [-0.2, 0) is 28.4 Å². The molecule has 0 saturated carbocycles. The van der Waals surface area contributed by atoms with Gasteiger partial charge >= 0.3 is 5.97 Å². The van der Waals surface area contributed by atoms with Crippen LogP contribution in [0.15, 0.2) is 64.3 Å². The van der Waals surface area contributed by atoms with E-state index in [0.717, 1.165) is 5.56 Å². The third kappa shape index (κ3) is 5.16. The molecule has 0 fully saturated rings. The van der Waals surface area contributed by atoms with E-state index in [1.54, 1.807) is 23.6 Å². The van der Waals surface area contributed by atoms with Gasteiger partial charge in [-0.2, -0.15) is 0 Å². The highest BCUT2D eigenvalue weighted by Crippen LogP contribution is 2.37. The van der Waals surface area contributed by atoms with Gasteiger partial charge in [0, 0.05) is 13.1 Å². The van der Waals surface area contributed by atoms with E-state index in [1.165, 1.54) is 55.2 Å². The highest BCUT2D eigenvalue weighted by Gasteiger charge is 2.21. The van der Waals surface area contributed by atoms with E-state index in [1.807, 2.05) is 13.0 Å². The number of sulfonamides is 1. The van der Waals surface area contributed by atoms with Crippen LogP contribution in [0.4, 0.5) is 5.69 Å². The number of hydrogen-bond donors (Lipinski definition) is 1. The Balaban J connectivity index is 1.40. The van der Waals surface area contributed by atoms with Crippen molar-refractivity contribution in [1.29, 1.82) is 0 Å². The lowest BCUT2D eigenvalue weighted by Crippen LogP contribution is -2.20. The van der Waals surface area contributed by atoms with Crippen LogP contribution in [0.3, 0.4) is 0 Å². The van der Waals surface area contributed by atoms with Crippen LogP contribution in [-0.4, -0.2) is 47.8 Å². The Morgan fingerprint density at radius 1 is 1.02 bits per heavy atom. The summed E-state index contributed by atoms with van der Waals surface area (Å²) in [5, 5.41) is 8.84. The van der Waals surface area contributed by atoms with Crippen molar-refractivity contribution in [2.24, 2.45) is 7.05 Å². The average Bonchev–Trinajstić information content (AvgIpc) is 3.39. The first-order chi connectivity index (χ1) is 19.5. The Bertz CT molecular complexity index is 2000. The predicted octanol–water partition coefficient (Wildman–Crippen LogP) is 3.72. The molecule has 1 N–H and O–H groups in total. The molecule has 0 saturated heterocycles. The van der Waals surface area contributed by atoms with Crippen molar-refractivity contribution in [3.05, 3.63) is 86.9 Å². The predicted molar refractivity (Wildman–Crippen MR) is 151 cm³/mol. The molecule has 0 spiro atoms. The Morgan fingerprint density at radius 2 is 1.78 bits per heavy atom. The van der Waals surface area contributed by atoms with Crippen LogP contribution < -0.4 is 19.8 Å². The lowest BCUT2D eigenvalue weighted by Gasteiger charge is -2.14. The summed E-state index contributed by atoms with van der Waals surface area (Å²) in [4.78, 5) is 25.6. The SMILES string of the molecule is COc1cc(OC)c(NS(=O)(=O)c2cccc(C(=O)OCc3nnc4n(C)c(=O)c5cc(C)ccc5n34)c2)cc1Cl. The standard InChI is InChI=1S/C27H24ClN5O7S/c1-15-8-9-21-18(10-15)25(34)32(2)27-30-29-24(33(21)27)14-40-26(35)16-6-5-7-17(11-16)41(36,37)31-20-12-19(28)22(38-3)13-23(20)39-4/h5-13,31H,14H2,1-4H3. The average molecular weight is 598 g/mol. The van der Waals surface area contributed by atoms with Gasteiger partial charge in [0.2, 0.25) is 5.78 Å². The summed E-state index contributed by atoms with van der Waals surface area (Å²) in [5.74, 6) is 0.277. The normalized spacial score (nSPS) is 11.5. The number of esters is 1. The number of rotatable bonds is 8. The van der Waals surface area contributed by atoms with Gasteiger partial charge in [0.25, 0.3) is 15.6 Å². The molecule has 12 nitrogen and oxygen atoms in total. The third-order valence-corrected chi connectivity index (χ3v) is 8.03. The van der Waals surface area contributed by atoms with Crippen molar-refractivity contribution in [3.8, 4) is 11.5 Å². The molecule has 0 unspecified atom stereocenters. The van der Waals surface area contributed by atoms with Crippen LogP contribution in [0.25, 0.3) is 16.7 Å². The second-order valence-electron chi connectivity index (χ2n) is 9.03. The molecule has 2 heterocycles. The number of methoxy groups -OCH3 is 2. The van der Waals surface area contributed by atoms with Gasteiger partial charge in [-0.15, -0.1) is 10.2 Å². The van der Waals surface area contributed by atoms with Crippen LogP contribution in [0.1, 0.15) is 21.7 Å². The van der Waals surface area contributed by atoms with Gasteiger partial charge in [-0.3, -0.25) is 18.5 Å². The quantitative estimate of drug-likeness (QED) is 0.265. The Kier molecular flexibility index (Phi) is 7.32. The second-order valence-corrected chi connectivity index (χ2v) is 11.1. The summed E-state index contributed by atoms with van der Waals surface area (Å²) >= 11 is 6.16. The number of nitrogens with one attached hydrogen (secondary N) is 1. The molecule has 212 valence electrons. The minimum atomic E-state index is -4.16. The van der Waals surface area contributed by atoms with Gasteiger partial charge in [-0.25, -0.2) is 13.2 Å². The van der Waals surface area contributed by atoms with Crippen LogP contribution in [0.5, 0.6) is 11.5 Å². The molecule has 0 aliphatic heterocycles. The van der Waals surface area contributed by atoms with Crippen LogP contribution in [0.2, 0.25) is 5.02 Å². The maximum Gasteiger partial charge on any atom is 0.338 e. The fourth-order valence-corrected chi connectivity index (χ4v) is 5.65. The highest BCUT2D eigenvalue weighted by atomic mass is 35.5. The number of anilines is 1. The summed E-state index contributed by atoms with van der Waals surface area (Å²) in [6.07, 6.45) is 0. The largest absolute Gasteiger partial charge is 0.495 e. The summed E-state index contributed by atoms with van der Waals surface area (Å²) in [7, 11) is 0.221. The number of hydrogen-bond acceptors (Lipinski definition) is 9. The number of aromatic nitrogens is 4. The first-order valence-electron chi connectivity index (χ1n) is 12.1. The molecule has 41 heavy (non-hydrogen) atoms. The van der Waals surface area contributed by atoms with E-state index >= 15 is 0 Å². The lowest BCUT2D eigenvalue weighted by atomic mass is 10.1. The first kappa shape index (κ1) is 27.9. The monoisotopic (exact) mass is 597 g/mol. The molecule has 5 aromatic rings. The molecule has 5 rings (SSSR count). The summed E-state index contributed by atoms with van der Waals surface area (Å²) < 4.78 is 47.6. The number of benzene rings is 3. The molecular weight excluding hydrogens is 574 g/mol. The number of halogens is 1. The molecule has 0 aliphatic carbocycles. The summed E-state index contributed by atoms with van der Waals surface area (Å²) in [6, 6.07) is 13.6. The van der Waals surface area contributed by atoms with Crippen molar-refractivity contribution in [1.82, 2.24) is 19.2 Å². The van der Waals surface area contributed by atoms with E-state index in [4.69, 9.17) is 25.8 Å². The van der Waals surface area contributed by atoms with E-state index < -0.39 is 16.0 Å². The van der Waals surface area contributed by atoms with Crippen molar-refractivity contribution in [2.75, 3.05) is 18.9 Å². The minimum Gasteiger partial charge on any atom is -0.495 e. The highest BCUT2D eigenvalue weighted by molar-refractivity contribution is 7.92. The van der Waals surface area contributed by atoms with Crippen molar-refractivity contribution < 1.29 is 27.4 Å². The van der Waals surface area contributed by atoms with Gasteiger partial charge in [0.05, 0.1) is 46.3 Å². The zero-order chi connectivity index (χ0) is 29.5. The van der Waals surface area contributed by atoms with Crippen molar-refractivity contribution >= 4 is 50.0 Å². The summed E-state index contributed by atoms with van der Waals surface area (Å²) in [5.41, 5.74) is 1.33. The molecule has 0 amide bonds. The molecule has 0 radical (unpaired) electrons. The smallest absolute Gasteiger partial charge is 0.338 e. The summed E-state index contributed by atoms with van der Waals surface area (Å²) in [6.45, 7) is 1.60. The number of nitrogens with zero attached hydrogens (tertiary/aromatic N) is 4. The third-order valence-electron chi connectivity index (χ3n) is 6.37. The number of ether oxygens (including phenoxy) is 3. The van der Waals surface area contributed by atoms with Crippen molar-refractivity contribution in [3.63, 3.8) is 0 Å². The number of aryl methyl sites for hydroxylation is 2.